The van der Waals surface area contributed by atoms with Crippen molar-refractivity contribution in [2.24, 2.45) is 5.92 Å². The molecule has 0 spiro atoms. The van der Waals surface area contributed by atoms with Gasteiger partial charge in [-0.05, 0) is 30.3 Å². The van der Waals surface area contributed by atoms with Crippen molar-refractivity contribution in [3.05, 3.63) is 42.7 Å². The van der Waals surface area contributed by atoms with Crippen LogP contribution in [0.1, 0.15) is 13.8 Å². The summed E-state index contributed by atoms with van der Waals surface area (Å²) >= 11 is 0. The van der Waals surface area contributed by atoms with Gasteiger partial charge in [0.15, 0.2) is 5.76 Å². The van der Waals surface area contributed by atoms with Crippen LogP contribution in [0.5, 0.6) is 0 Å². The summed E-state index contributed by atoms with van der Waals surface area (Å²) in [6, 6.07) is 10.8. The van der Waals surface area contributed by atoms with Gasteiger partial charge in [0.05, 0.1) is 6.26 Å². The summed E-state index contributed by atoms with van der Waals surface area (Å²) in [4.78, 5) is 11.7. The van der Waals surface area contributed by atoms with E-state index in [2.05, 4.69) is 15.5 Å². The summed E-state index contributed by atoms with van der Waals surface area (Å²) in [7, 11) is 0. The van der Waals surface area contributed by atoms with Crippen LogP contribution in [-0.4, -0.2) is 16.1 Å². The van der Waals surface area contributed by atoms with Crippen molar-refractivity contribution < 1.29 is 13.6 Å². The molecule has 0 aliphatic heterocycles. The molecular formula is C16H15N3O3. The van der Waals surface area contributed by atoms with Gasteiger partial charge in [0, 0.05) is 17.2 Å². The second-order valence-electron chi connectivity index (χ2n) is 5.11. The second kappa shape index (κ2) is 5.85. The summed E-state index contributed by atoms with van der Waals surface area (Å²) in [6.45, 7) is 3.68. The molecule has 22 heavy (non-hydrogen) atoms. The van der Waals surface area contributed by atoms with Crippen LogP contribution in [0.3, 0.4) is 0 Å². The molecule has 0 unspecified atom stereocenters. The highest BCUT2D eigenvalue weighted by molar-refractivity contribution is 5.92. The van der Waals surface area contributed by atoms with Crippen LogP contribution >= 0.6 is 0 Å². The van der Waals surface area contributed by atoms with E-state index >= 15 is 0 Å². The number of nitrogens with zero attached hydrogens (tertiary/aromatic N) is 2. The highest BCUT2D eigenvalue weighted by Crippen LogP contribution is 2.25. The van der Waals surface area contributed by atoms with E-state index in [9.17, 15) is 4.79 Å². The monoisotopic (exact) mass is 297 g/mol. The number of hydrogen-bond donors (Lipinski definition) is 1. The standard InChI is InChI=1S/C16H15N3O3/c1-10(2)14(20)17-12-6-3-5-11(9-12)15-18-19-16(22-15)13-7-4-8-21-13/h3-10H,1-2H3,(H,17,20). The first kappa shape index (κ1) is 14.1. The zero-order valence-electron chi connectivity index (χ0n) is 12.2. The Labute approximate surface area is 127 Å². The lowest BCUT2D eigenvalue weighted by molar-refractivity contribution is -0.118. The van der Waals surface area contributed by atoms with Gasteiger partial charge in [-0.2, -0.15) is 0 Å². The minimum absolute atomic E-state index is 0.0426. The Morgan fingerprint density at radius 3 is 2.68 bits per heavy atom. The number of benzene rings is 1. The predicted octanol–water partition coefficient (Wildman–Crippen LogP) is 3.59. The van der Waals surface area contributed by atoms with Crippen molar-refractivity contribution in [2.75, 3.05) is 5.32 Å². The topological polar surface area (TPSA) is 81.2 Å². The molecule has 0 fully saturated rings. The maximum absolute atomic E-state index is 11.7. The second-order valence-corrected chi connectivity index (χ2v) is 5.11. The van der Waals surface area contributed by atoms with E-state index < -0.39 is 0 Å². The van der Waals surface area contributed by atoms with Gasteiger partial charge in [-0.15, -0.1) is 10.2 Å². The molecule has 112 valence electrons. The fourth-order valence-electron chi connectivity index (χ4n) is 1.86. The van der Waals surface area contributed by atoms with Crippen LogP contribution < -0.4 is 5.32 Å². The molecule has 3 rings (SSSR count). The van der Waals surface area contributed by atoms with E-state index in [0.29, 0.717) is 23.2 Å². The van der Waals surface area contributed by atoms with Crippen LogP contribution in [-0.2, 0) is 4.79 Å². The summed E-state index contributed by atoms with van der Waals surface area (Å²) in [5.41, 5.74) is 1.42. The van der Waals surface area contributed by atoms with E-state index in [-0.39, 0.29) is 11.8 Å². The molecule has 3 aromatic rings. The van der Waals surface area contributed by atoms with Crippen LogP contribution in [0.4, 0.5) is 5.69 Å². The average molecular weight is 297 g/mol. The molecule has 0 aliphatic carbocycles. The quantitative estimate of drug-likeness (QED) is 0.795. The number of carbonyl (C=O) groups excluding carboxylic acids is 1. The van der Waals surface area contributed by atoms with E-state index in [4.69, 9.17) is 8.83 Å². The molecule has 1 aromatic carbocycles. The third kappa shape index (κ3) is 2.90. The van der Waals surface area contributed by atoms with Gasteiger partial charge >= 0.3 is 0 Å². The van der Waals surface area contributed by atoms with Crippen LogP contribution in [0, 0.1) is 5.92 Å². The van der Waals surface area contributed by atoms with Crippen LogP contribution in [0.25, 0.3) is 23.1 Å². The molecule has 6 nitrogen and oxygen atoms in total. The lowest BCUT2D eigenvalue weighted by atomic mass is 10.1. The van der Waals surface area contributed by atoms with Gasteiger partial charge in [0.25, 0.3) is 5.89 Å². The molecule has 6 heteroatoms. The number of anilines is 1. The predicted molar refractivity (Wildman–Crippen MR) is 80.9 cm³/mol. The average Bonchev–Trinajstić information content (AvgIpc) is 3.18. The molecule has 0 saturated carbocycles. The first-order valence-electron chi connectivity index (χ1n) is 6.92. The van der Waals surface area contributed by atoms with Gasteiger partial charge in [-0.1, -0.05) is 19.9 Å². The molecule has 0 aliphatic rings. The third-order valence-electron chi connectivity index (χ3n) is 3.06. The van der Waals surface area contributed by atoms with E-state index in [1.165, 1.54) is 0 Å². The molecular weight excluding hydrogens is 282 g/mol. The van der Waals surface area contributed by atoms with Crippen molar-refractivity contribution in [3.8, 4) is 23.1 Å². The molecule has 2 heterocycles. The van der Waals surface area contributed by atoms with Gasteiger partial charge < -0.3 is 14.2 Å². The Morgan fingerprint density at radius 1 is 1.14 bits per heavy atom. The fraction of sp³-hybridized carbons (Fsp3) is 0.188. The van der Waals surface area contributed by atoms with E-state index in [0.717, 1.165) is 5.56 Å². The molecule has 0 bridgehead atoms. The van der Waals surface area contributed by atoms with Crippen LogP contribution in [0.15, 0.2) is 51.5 Å². The summed E-state index contributed by atoms with van der Waals surface area (Å²) in [5.74, 6) is 1.07. The Bertz CT molecular complexity index is 776. The number of hydrogen-bond acceptors (Lipinski definition) is 5. The highest BCUT2D eigenvalue weighted by Gasteiger charge is 2.13. The fourth-order valence-corrected chi connectivity index (χ4v) is 1.86. The van der Waals surface area contributed by atoms with Crippen molar-refractivity contribution >= 4 is 11.6 Å². The SMILES string of the molecule is CC(C)C(=O)Nc1cccc(-c2nnc(-c3ccco3)o2)c1. The van der Waals surface area contributed by atoms with Crippen molar-refractivity contribution in [1.82, 2.24) is 10.2 Å². The maximum Gasteiger partial charge on any atom is 0.283 e. The molecule has 0 radical (unpaired) electrons. The van der Waals surface area contributed by atoms with Gasteiger partial charge in [-0.3, -0.25) is 4.79 Å². The molecule has 0 atom stereocenters. The molecule has 2 aromatic heterocycles. The van der Waals surface area contributed by atoms with E-state index in [1.54, 1.807) is 24.5 Å². The zero-order valence-corrected chi connectivity index (χ0v) is 12.2. The first-order valence-corrected chi connectivity index (χ1v) is 6.92. The summed E-state index contributed by atoms with van der Waals surface area (Å²) in [6.07, 6.45) is 1.54. The van der Waals surface area contributed by atoms with Gasteiger partial charge in [-0.25, -0.2) is 0 Å². The number of rotatable bonds is 4. The van der Waals surface area contributed by atoms with Gasteiger partial charge in [0.1, 0.15) is 0 Å². The number of furan rings is 1. The number of amides is 1. The number of nitrogens with one attached hydrogen (secondary N) is 1. The Hall–Kier alpha value is -2.89. The highest BCUT2D eigenvalue weighted by atomic mass is 16.4. The zero-order chi connectivity index (χ0) is 15.5. The Morgan fingerprint density at radius 2 is 1.95 bits per heavy atom. The Balaban J connectivity index is 1.85. The minimum atomic E-state index is -0.0855. The lowest BCUT2D eigenvalue weighted by Crippen LogP contribution is -2.17. The molecule has 1 amide bonds. The first-order chi connectivity index (χ1) is 10.6. The number of aromatic nitrogens is 2. The summed E-state index contributed by atoms with van der Waals surface area (Å²) in [5, 5.41) is 10.8. The normalized spacial score (nSPS) is 10.9. The summed E-state index contributed by atoms with van der Waals surface area (Å²) < 4.78 is 10.8. The Kier molecular flexibility index (Phi) is 3.74. The molecule has 1 N–H and O–H groups in total. The third-order valence-corrected chi connectivity index (χ3v) is 3.06. The van der Waals surface area contributed by atoms with E-state index in [1.807, 2.05) is 32.0 Å². The van der Waals surface area contributed by atoms with Crippen LogP contribution in [0.2, 0.25) is 0 Å². The minimum Gasteiger partial charge on any atom is -0.459 e. The van der Waals surface area contributed by atoms with Gasteiger partial charge in [0.2, 0.25) is 11.8 Å². The largest absolute Gasteiger partial charge is 0.459 e. The number of carbonyl (C=O) groups is 1. The molecule has 0 saturated heterocycles. The maximum atomic E-state index is 11.7. The van der Waals surface area contributed by atoms with Crippen molar-refractivity contribution in [1.29, 1.82) is 0 Å². The van der Waals surface area contributed by atoms with Crippen molar-refractivity contribution in [3.63, 3.8) is 0 Å². The lowest BCUT2D eigenvalue weighted by Gasteiger charge is -2.08. The van der Waals surface area contributed by atoms with Crippen molar-refractivity contribution in [2.45, 2.75) is 13.8 Å². The smallest absolute Gasteiger partial charge is 0.283 e.